The van der Waals surface area contributed by atoms with E-state index in [0.29, 0.717) is 0 Å². The van der Waals surface area contributed by atoms with Crippen LogP contribution in [0, 0.1) is 11.8 Å². The Morgan fingerprint density at radius 2 is 1.65 bits per heavy atom. The van der Waals surface area contributed by atoms with E-state index in [1.807, 2.05) is 0 Å². The summed E-state index contributed by atoms with van der Waals surface area (Å²) < 4.78 is 0. The van der Waals surface area contributed by atoms with Crippen molar-refractivity contribution >= 4 is 5.69 Å². The van der Waals surface area contributed by atoms with Crippen LogP contribution in [0.5, 0.6) is 0 Å². The summed E-state index contributed by atoms with van der Waals surface area (Å²) in [6, 6.07) is 11.6. The van der Waals surface area contributed by atoms with Gasteiger partial charge in [0.15, 0.2) is 0 Å². The molecule has 4 unspecified atom stereocenters. The summed E-state index contributed by atoms with van der Waals surface area (Å²) in [6.07, 6.45) is 11.8. The summed E-state index contributed by atoms with van der Waals surface area (Å²) in [5.41, 5.74) is 1.27. The van der Waals surface area contributed by atoms with Gasteiger partial charge in [-0.3, -0.25) is 4.90 Å². The molecule has 2 aliphatic carbocycles. The van der Waals surface area contributed by atoms with Gasteiger partial charge < -0.3 is 10.0 Å². The molecule has 1 spiro atoms. The molecule has 26 heavy (non-hydrogen) atoms. The van der Waals surface area contributed by atoms with Crippen LogP contribution in [0.25, 0.3) is 0 Å². The minimum atomic E-state index is -0.170. The Morgan fingerprint density at radius 1 is 0.885 bits per heavy atom. The highest BCUT2D eigenvalue weighted by atomic mass is 16.3. The second-order valence-corrected chi connectivity index (χ2v) is 9.30. The average molecular weight is 355 g/mol. The van der Waals surface area contributed by atoms with Crippen molar-refractivity contribution in [3.05, 3.63) is 30.3 Å². The zero-order valence-corrected chi connectivity index (χ0v) is 16.0. The van der Waals surface area contributed by atoms with E-state index in [4.69, 9.17) is 0 Å². The fourth-order valence-corrected chi connectivity index (χ4v) is 6.68. The summed E-state index contributed by atoms with van der Waals surface area (Å²) in [5.74, 6) is 2.00. The van der Waals surface area contributed by atoms with Crippen LogP contribution in [-0.4, -0.2) is 47.3 Å². The molecule has 0 radical (unpaired) electrons. The number of benzene rings is 1. The minimum absolute atomic E-state index is 0.0234. The lowest BCUT2D eigenvalue weighted by Crippen LogP contribution is -2.61. The van der Waals surface area contributed by atoms with Gasteiger partial charge in [0.25, 0.3) is 0 Å². The first kappa shape index (κ1) is 17.1. The zero-order chi connectivity index (χ0) is 17.6. The van der Waals surface area contributed by atoms with E-state index in [-0.39, 0.29) is 11.6 Å². The van der Waals surface area contributed by atoms with E-state index in [1.165, 1.54) is 57.3 Å². The van der Waals surface area contributed by atoms with Crippen molar-refractivity contribution in [3.8, 4) is 0 Å². The number of anilines is 1. The number of rotatable bonds is 2. The first-order valence-corrected chi connectivity index (χ1v) is 11.0. The lowest BCUT2D eigenvalue weighted by molar-refractivity contribution is -0.0339. The van der Waals surface area contributed by atoms with Crippen molar-refractivity contribution < 1.29 is 5.11 Å². The average Bonchev–Trinajstić information content (AvgIpc) is 2.85. The Bertz CT molecular complexity index is 610. The predicted octanol–water partition coefficient (Wildman–Crippen LogP) is 4.06. The fraction of sp³-hybridized carbons (Fsp3) is 0.739. The molecule has 1 aromatic rings. The SMILES string of the molecule is OC1CCN(c2ccccc2)C12CCN(C1CC3CCCCCC31)CC2. The van der Waals surface area contributed by atoms with Gasteiger partial charge in [-0.25, -0.2) is 0 Å². The van der Waals surface area contributed by atoms with E-state index in [2.05, 4.69) is 40.1 Å². The number of aliphatic hydroxyl groups is 1. The standard InChI is InChI=1S/C23H34N2O/c26-22-11-14-25(19-8-4-2-5-9-19)23(22)12-15-24(16-13-23)21-17-18-7-3-1-6-10-20(18)21/h2,4-5,8-9,18,20-22,26H,1,3,6-7,10-17H2. The van der Waals surface area contributed by atoms with E-state index in [9.17, 15) is 5.11 Å². The smallest absolute Gasteiger partial charge is 0.0789 e. The third-order valence-corrected chi connectivity index (χ3v) is 8.24. The van der Waals surface area contributed by atoms with Gasteiger partial charge in [-0.2, -0.15) is 0 Å². The largest absolute Gasteiger partial charge is 0.391 e. The number of fused-ring (bicyclic) bond motifs is 1. The zero-order valence-electron chi connectivity index (χ0n) is 16.0. The summed E-state index contributed by atoms with van der Waals surface area (Å²) in [7, 11) is 0. The number of aliphatic hydroxyl groups excluding tert-OH is 1. The highest BCUT2D eigenvalue weighted by molar-refractivity contribution is 5.51. The second-order valence-electron chi connectivity index (χ2n) is 9.30. The maximum absolute atomic E-state index is 10.9. The second kappa shape index (κ2) is 6.83. The maximum Gasteiger partial charge on any atom is 0.0789 e. The Morgan fingerprint density at radius 3 is 2.46 bits per heavy atom. The van der Waals surface area contributed by atoms with Crippen LogP contribution in [0.4, 0.5) is 5.69 Å². The third-order valence-electron chi connectivity index (χ3n) is 8.24. The Balaban J connectivity index is 1.28. The lowest BCUT2D eigenvalue weighted by atomic mass is 9.65. The number of nitrogens with zero attached hydrogens (tertiary/aromatic N) is 2. The molecule has 3 heteroatoms. The van der Waals surface area contributed by atoms with Gasteiger partial charge in [-0.1, -0.05) is 43.9 Å². The fourth-order valence-electron chi connectivity index (χ4n) is 6.68. The molecule has 3 nitrogen and oxygen atoms in total. The highest BCUT2D eigenvalue weighted by Crippen LogP contribution is 2.49. The van der Waals surface area contributed by atoms with E-state index in [1.54, 1.807) is 0 Å². The maximum atomic E-state index is 10.9. The van der Waals surface area contributed by atoms with Gasteiger partial charge in [0.05, 0.1) is 11.6 Å². The van der Waals surface area contributed by atoms with Crippen molar-refractivity contribution in [2.75, 3.05) is 24.5 Å². The van der Waals surface area contributed by atoms with Crippen molar-refractivity contribution in [1.29, 1.82) is 0 Å². The number of hydrogen-bond donors (Lipinski definition) is 1. The number of para-hydroxylation sites is 1. The first-order chi connectivity index (χ1) is 12.8. The molecule has 4 fully saturated rings. The van der Waals surface area contributed by atoms with Gasteiger partial charge in [0.2, 0.25) is 0 Å². The van der Waals surface area contributed by atoms with E-state index >= 15 is 0 Å². The molecule has 5 rings (SSSR count). The van der Waals surface area contributed by atoms with Crippen LogP contribution in [0.1, 0.15) is 57.8 Å². The molecule has 0 bridgehead atoms. The molecule has 2 heterocycles. The molecule has 4 aliphatic rings. The normalized spacial score (nSPS) is 37.2. The van der Waals surface area contributed by atoms with Gasteiger partial charge in [-0.15, -0.1) is 0 Å². The Kier molecular flexibility index (Phi) is 4.48. The molecule has 2 saturated heterocycles. The first-order valence-electron chi connectivity index (χ1n) is 11.0. The molecule has 1 N–H and O–H groups in total. The molecule has 142 valence electrons. The van der Waals surface area contributed by atoms with Crippen LogP contribution in [-0.2, 0) is 0 Å². The summed E-state index contributed by atoms with van der Waals surface area (Å²) in [4.78, 5) is 5.33. The Labute approximate surface area is 158 Å². The van der Waals surface area contributed by atoms with Gasteiger partial charge in [0.1, 0.15) is 0 Å². The van der Waals surface area contributed by atoms with E-state index in [0.717, 1.165) is 43.7 Å². The number of hydrogen-bond acceptors (Lipinski definition) is 3. The highest BCUT2D eigenvalue weighted by Gasteiger charge is 2.52. The van der Waals surface area contributed by atoms with Crippen molar-refractivity contribution in [2.45, 2.75) is 75.5 Å². The van der Waals surface area contributed by atoms with E-state index < -0.39 is 0 Å². The van der Waals surface area contributed by atoms with Gasteiger partial charge >= 0.3 is 0 Å². The van der Waals surface area contributed by atoms with Crippen LogP contribution >= 0.6 is 0 Å². The van der Waals surface area contributed by atoms with Crippen LogP contribution < -0.4 is 4.90 Å². The minimum Gasteiger partial charge on any atom is -0.391 e. The van der Waals surface area contributed by atoms with Crippen LogP contribution in [0.3, 0.4) is 0 Å². The molecule has 0 amide bonds. The van der Waals surface area contributed by atoms with Crippen molar-refractivity contribution in [1.82, 2.24) is 4.90 Å². The van der Waals surface area contributed by atoms with Crippen LogP contribution in [0.2, 0.25) is 0 Å². The lowest BCUT2D eigenvalue weighted by Gasteiger charge is -2.55. The van der Waals surface area contributed by atoms with Gasteiger partial charge in [0, 0.05) is 31.4 Å². The third kappa shape index (κ3) is 2.70. The molecular weight excluding hydrogens is 320 g/mol. The number of piperidine rings is 1. The molecule has 0 aromatic heterocycles. The molecule has 2 aliphatic heterocycles. The predicted molar refractivity (Wildman–Crippen MR) is 106 cm³/mol. The molecule has 2 saturated carbocycles. The molecule has 1 aromatic carbocycles. The summed E-state index contributed by atoms with van der Waals surface area (Å²) >= 11 is 0. The summed E-state index contributed by atoms with van der Waals surface area (Å²) in [6.45, 7) is 3.35. The number of likely N-dealkylation sites (tertiary alicyclic amines) is 1. The monoisotopic (exact) mass is 354 g/mol. The molecule has 4 atom stereocenters. The summed E-state index contributed by atoms with van der Waals surface area (Å²) in [5, 5.41) is 10.9. The van der Waals surface area contributed by atoms with Crippen molar-refractivity contribution in [3.63, 3.8) is 0 Å². The molecular formula is C23H34N2O. The topological polar surface area (TPSA) is 26.7 Å². The Hall–Kier alpha value is -1.06. The van der Waals surface area contributed by atoms with Crippen LogP contribution in [0.15, 0.2) is 30.3 Å². The quantitative estimate of drug-likeness (QED) is 0.867. The van der Waals surface area contributed by atoms with Gasteiger partial charge in [-0.05, 0) is 56.1 Å². The van der Waals surface area contributed by atoms with Crippen molar-refractivity contribution in [2.24, 2.45) is 11.8 Å².